The third-order valence-electron chi connectivity index (χ3n) is 14.8. The van der Waals surface area contributed by atoms with Gasteiger partial charge < -0.3 is 90.3 Å². The fourth-order valence-electron chi connectivity index (χ4n) is 10.1. The zero-order valence-electron chi connectivity index (χ0n) is 50.8. The van der Waals surface area contributed by atoms with E-state index in [-0.39, 0.29) is 68.6 Å². The number of aromatic amines is 1. The number of carboxylic acid groups (broad SMARTS) is 1. The van der Waals surface area contributed by atoms with Crippen molar-refractivity contribution in [2.45, 2.75) is 172 Å². The number of carbonyl (C=O) groups is 12. The first kappa shape index (κ1) is 72.1. The Bertz CT molecular complexity index is 2970. The largest absolute Gasteiger partial charge is 0.508 e. The van der Waals surface area contributed by atoms with Crippen molar-refractivity contribution in [3.63, 3.8) is 0 Å². The van der Waals surface area contributed by atoms with Crippen molar-refractivity contribution in [1.82, 2.24) is 63.5 Å². The molecule has 1 saturated carbocycles. The zero-order chi connectivity index (χ0) is 65.9. The van der Waals surface area contributed by atoms with Crippen molar-refractivity contribution in [3.8, 4) is 5.75 Å². The quantitative estimate of drug-likeness (QED) is 0.0167. The molecule has 0 aliphatic heterocycles. The van der Waals surface area contributed by atoms with Crippen LogP contribution in [-0.2, 0) is 70.4 Å². The number of fused-ring (bicyclic) bond motifs is 1. The highest BCUT2D eigenvalue weighted by Gasteiger charge is 2.37. The summed E-state index contributed by atoms with van der Waals surface area (Å²) in [7, 11) is 1.54. The normalized spacial score (nSPS) is 15.3. The third kappa shape index (κ3) is 25.1. The number of aromatic hydroxyl groups is 1. The van der Waals surface area contributed by atoms with Gasteiger partial charge in [0.05, 0.1) is 19.1 Å². The van der Waals surface area contributed by atoms with Crippen LogP contribution >= 0.6 is 0 Å². The predicted octanol–water partition coefficient (Wildman–Crippen LogP) is -2.18. The number of aliphatic hydroxyl groups is 1. The van der Waals surface area contributed by atoms with Crippen LogP contribution in [0.3, 0.4) is 0 Å². The number of hydrogen-bond donors (Lipinski definition) is 18. The number of guanidine groups is 1. The van der Waals surface area contributed by atoms with E-state index in [2.05, 4.69) is 63.5 Å². The van der Waals surface area contributed by atoms with Gasteiger partial charge in [-0.05, 0) is 80.2 Å². The molecule has 1 fully saturated rings. The number of carboxylic acids is 1. The van der Waals surface area contributed by atoms with Crippen LogP contribution < -0.4 is 70.0 Å². The summed E-state index contributed by atoms with van der Waals surface area (Å²) >= 11 is 0. The van der Waals surface area contributed by atoms with E-state index < -0.39 is 151 Å². The molecule has 488 valence electrons. The molecule has 1 aliphatic rings. The highest BCUT2D eigenvalue weighted by atomic mass is 16.4. The van der Waals surface area contributed by atoms with Gasteiger partial charge in [-0.2, -0.15) is 0 Å². The number of benzene rings is 2. The summed E-state index contributed by atoms with van der Waals surface area (Å²) < 4.78 is 0. The number of hydrogen-bond acceptors (Lipinski definition) is 15. The van der Waals surface area contributed by atoms with Crippen LogP contribution in [0.5, 0.6) is 5.75 Å². The number of nitrogens with two attached hydrogens (primary N) is 2. The number of H-pyrrole nitrogens is 1. The number of aromatic nitrogens is 1. The Labute approximate surface area is 515 Å². The van der Waals surface area contributed by atoms with Gasteiger partial charge in [-0.25, -0.2) is 0 Å². The minimum absolute atomic E-state index is 0.0113. The van der Waals surface area contributed by atoms with Gasteiger partial charge in [-0.15, -0.1) is 0 Å². The topological polar surface area (TPSA) is 490 Å². The van der Waals surface area contributed by atoms with Gasteiger partial charge in [0.15, 0.2) is 5.96 Å². The lowest BCUT2D eigenvalue weighted by Gasteiger charge is -2.29. The molecule has 0 spiro atoms. The summed E-state index contributed by atoms with van der Waals surface area (Å²) in [5.41, 5.74) is 13.2. The third-order valence-corrected chi connectivity index (χ3v) is 14.8. The molecule has 30 heteroatoms. The van der Waals surface area contributed by atoms with Gasteiger partial charge in [0.2, 0.25) is 65.0 Å². The molecule has 11 amide bonds. The molecule has 1 aromatic heterocycles. The summed E-state index contributed by atoms with van der Waals surface area (Å²) in [6, 6.07) is 1.09. The first-order chi connectivity index (χ1) is 42.1. The Morgan fingerprint density at radius 2 is 1.24 bits per heavy atom. The van der Waals surface area contributed by atoms with Crippen LogP contribution in [0.2, 0.25) is 0 Å². The number of para-hydroxylation sites is 1. The van der Waals surface area contributed by atoms with E-state index in [0.29, 0.717) is 24.0 Å². The Kier molecular flexibility index (Phi) is 29.2. The average molecular weight is 1250 g/mol. The maximum absolute atomic E-state index is 14.2. The summed E-state index contributed by atoms with van der Waals surface area (Å²) in [4.78, 5) is 164. The Morgan fingerprint density at radius 3 is 1.83 bits per heavy atom. The van der Waals surface area contributed by atoms with Gasteiger partial charge in [-0.3, -0.25) is 62.9 Å². The molecule has 0 unspecified atom stereocenters. The molecule has 1 aliphatic carbocycles. The van der Waals surface area contributed by atoms with Crippen LogP contribution in [0.15, 0.2) is 54.7 Å². The maximum Gasteiger partial charge on any atom is 0.303 e. The molecule has 20 N–H and O–H groups in total. The monoisotopic (exact) mass is 1250 g/mol. The van der Waals surface area contributed by atoms with Crippen molar-refractivity contribution >= 4 is 87.8 Å². The number of primary amides is 2. The lowest BCUT2D eigenvalue weighted by atomic mass is 9.84. The first-order valence-electron chi connectivity index (χ1n) is 29.6. The molecular weight excluding hydrogens is 1160 g/mol. The number of nitrogens with one attached hydrogen (secondary N) is 13. The summed E-state index contributed by atoms with van der Waals surface area (Å²) in [6.45, 7) is 5.34. The van der Waals surface area contributed by atoms with E-state index in [1.807, 2.05) is 24.3 Å². The number of carbonyl (C=O) groups excluding carboxylic acids is 11. The molecule has 0 bridgehead atoms. The first-order valence-corrected chi connectivity index (χ1v) is 29.6. The van der Waals surface area contributed by atoms with Crippen molar-refractivity contribution in [2.24, 2.45) is 23.3 Å². The molecule has 9 atom stereocenters. The standard InChI is InChI=1S/C59H87N15O15/c1-31(2)24-43(55(86)69-40(16-11-23-64-59(62)63-5)53(84)71-42(51(61)82)27-36-29-65-39-15-10-9-14-38(36)39)68-48(79)30-66-52(83)44(25-34-12-7-6-8-13-34)73-58(89)50(32(3)75)74-57(88)46(28-47(60)78)72-54(85)41(21-22-49(80)81)70-56(87)45(67-33(4)76)26-35-17-19-37(77)20-18-35/h9-10,14-15,17-20,29,31-32,34,40-46,50,65,75,77H,6-8,11-13,16,21-28,30H2,1-5H3,(H2,60,78)(H2,61,82)(H,66,83)(H,67,76)(H,68,79)(H,69,86)(H,70,87)(H,71,84)(H,72,85)(H,73,89)(H,74,88)(H,80,81)(H3,62,63,64)/t32-,40+,41+,42+,43+,44+,45-,46+,50+/m1/s1. The van der Waals surface area contributed by atoms with Crippen LogP contribution in [0.25, 0.3) is 10.9 Å². The van der Waals surface area contributed by atoms with E-state index in [9.17, 15) is 72.9 Å². The van der Waals surface area contributed by atoms with Gasteiger partial charge >= 0.3 is 5.97 Å². The minimum atomic E-state index is -1.90. The molecule has 2 aromatic carbocycles. The maximum atomic E-state index is 14.2. The van der Waals surface area contributed by atoms with Crippen molar-refractivity contribution in [2.75, 3.05) is 20.1 Å². The highest BCUT2D eigenvalue weighted by molar-refractivity contribution is 5.99. The van der Waals surface area contributed by atoms with Crippen LogP contribution in [0.4, 0.5) is 0 Å². The summed E-state index contributed by atoms with van der Waals surface area (Å²) in [5, 5.41) is 66.7. The second kappa shape index (κ2) is 36.1. The van der Waals surface area contributed by atoms with Crippen molar-refractivity contribution in [3.05, 3.63) is 65.9 Å². The number of amides is 11. The van der Waals surface area contributed by atoms with E-state index >= 15 is 0 Å². The second-order valence-electron chi connectivity index (χ2n) is 22.6. The summed E-state index contributed by atoms with van der Waals surface area (Å²) in [6.07, 6.45) is 2.06. The van der Waals surface area contributed by atoms with Crippen LogP contribution in [0.1, 0.15) is 116 Å². The van der Waals surface area contributed by atoms with Crippen molar-refractivity contribution in [1.29, 1.82) is 5.41 Å². The van der Waals surface area contributed by atoms with E-state index in [1.165, 1.54) is 24.3 Å². The Balaban J connectivity index is 1.49. The minimum Gasteiger partial charge on any atom is -0.508 e. The number of rotatable bonds is 36. The average Bonchev–Trinajstić information content (AvgIpc) is 2.47. The van der Waals surface area contributed by atoms with Gasteiger partial charge in [0.1, 0.15) is 54.1 Å². The van der Waals surface area contributed by atoms with Crippen LogP contribution in [0, 0.1) is 17.2 Å². The van der Waals surface area contributed by atoms with Gasteiger partial charge in [0.25, 0.3) is 0 Å². The molecule has 0 radical (unpaired) electrons. The molecule has 30 nitrogen and oxygen atoms in total. The SMILES string of the molecule is CNC(=N)NCCC[C@H](NC(=O)[C@H](CC(C)C)NC(=O)CNC(=O)[C@H](CC1CCCCC1)NC(=O)[C@@H](NC(=O)[C@H](CC(N)=O)NC(=O)[C@H](CCC(=O)O)NC(=O)[C@@H](Cc1ccc(O)cc1)NC(C)=O)[C@@H](C)O)C(=O)N[C@@H](Cc1c[nH]c2ccccc12)C(N)=O. The highest BCUT2D eigenvalue weighted by Crippen LogP contribution is 2.28. The zero-order valence-corrected chi connectivity index (χ0v) is 50.8. The number of phenols is 1. The molecular formula is C59H87N15O15. The fraction of sp³-hybridized carbons (Fsp3) is 0.542. The fourth-order valence-corrected chi connectivity index (χ4v) is 10.1. The molecule has 89 heavy (non-hydrogen) atoms. The van der Waals surface area contributed by atoms with Crippen molar-refractivity contribution < 1.29 is 72.9 Å². The lowest BCUT2D eigenvalue weighted by Crippen LogP contribution is -2.61. The smallest absolute Gasteiger partial charge is 0.303 e. The molecule has 0 saturated heterocycles. The van der Waals surface area contributed by atoms with E-state index in [4.69, 9.17) is 16.9 Å². The molecule has 4 rings (SSSR count). The number of phenolic OH excluding ortho intramolecular Hbond substituents is 1. The molecule has 1 heterocycles. The number of aliphatic carboxylic acids is 1. The second-order valence-corrected chi connectivity index (χ2v) is 22.6. The van der Waals surface area contributed by atoms with E-state index in [1.54, 1.807) is 27.1 Å². The van der Waals surface area contributed by atoms with Gasteiger partial charge in [-0.1, -0.05) is 76.3 Å². The Morgan fingerprint density at radius 1 is 0.652 bits per heavy atom. The van der Waals surface area contributed by atoms with Crippen LogP contribution in [-0.4, -0.2) is 172 Å². The Hall–Kier alpha value is -9.35. The summed E-state index contributed by atoms with van der Waals surface area (Å²) in [5.74, 6) is -12.0. The van der Waals surface area contributed by atoms with E-state index in [0.717, 1.165) is 44.0 Å². The number of aliphatic hydroxyl groups excluding tert-OH is 1. The van der Waals surface area contributed by atoms with Gasteiger partial charge in [0, 0.05) is 56.9 Å². The predicted molar refractivity (Wildman–Crippen MR) is 324 cm³/mol. The molecule has 3 aromatic rings. The lowest BCUT2D eigenvalue weighted by molar-refractivity contribution is -0.139.